The Morgan fingerprint density at radius 2 is 1.26 bits per heavy atom. The summed E-state index contributed by atoms with van der Waals surface area (Å²) in [6.07, 6.45) is 8.48. The molecule has 1 amide bonds. The van der Waals surface area contributed by atoms with Crippen LogP contribution < -0.4 is 22.3 Å². The molecule has 0 aromatic carbocycles. The van der Waals surface area contributed by atoms with Crippen molar-refractivity contribution in [3.05, 3.63) is 95.0 Å². The standard InChI is InChI=1S/C18H22N4OSe2.C9H9ClN2Se.C9H10N2OSe.C8H10N2Se/c1-6-10-9(2)24-17-13(10)16(20-8-21-17)22-11-7-12(18(3,4)5)25-14(11)15(19)23;1-3-6-5(2)13-9-7(6)8(10)11-4-12-9;1-3-6-5(2)13-9-7(6)8(12)10-4-11-9;1-3-6-5(2)11-8(10)7(6)4-9/h7-8H,6H2,1-5H3,(H2,19,23)(H,20,21,22);4H,3H2,1-2H3;4H,3H2,1-2H3,(H,10,11,12);3,10H2,1-2H3. The summed E-state index contributed by atoms with van der Waals surface area (Å²) in [7, 11) is 0. The van der Waals surface area contributed by atoms with Gasteiger partial charge in [-0.05, 0) is 0 Å². The van der Waals surface area contributed by atoms with Crippen molar-refractivity contribution in [2.75, 3.05) is 11.1 Å². The van der Waals surface area contributed by atoms with E-state index in [-0.39, 0.29) is 74.9 Å². The average molecular weight is 1180 g/mol. The molecule has 0 bridgehead atoms. The van der Waals surface area contributed by atoms with Crippen molar-refractivity contribution >= 4 is 135 Å². The number of carbonyl (C=O) groups is 1. The number of nitrogens with zero attached hydrogens (tertiary/aromatic N) is 6. The Kier molecular flexibility index (Phi) is 17.3. The summed E-state index contributed by atoms with van der Waals surface area (Å²) < 4.78 is 11.5. The molecular weight excluding hydrogens is 1130 g/mol. The molecule has 0 atom stereocenters. The van der Waals surface area contributed by atoms with Crippen molar-refractivity contribution in [1.29, 1.82) is 5.26 Å². The van der Waals surface area contributed by atoms with Crippen LogP contribution in [0.25, 0.3) is 29.3 Å². The third-order valence-corrected chi connectivity index (χ3v) is 22.3. The third-order valence-electron chi connectivity index (χ3n) is 10.0. The first-order valence-corrected chi connectivity index (χ1v) is 28.9. The van der Waals surface area contributed by atoms with E-state index < -0.39 is 0 Å². The van der Waals surface area contributed by atoms with Crippen LogP contribution in [0.15, 0.2) is 29.8 Å². The second-order valence-electron chi connectivity index (χ2n) is 15.1. The monoisotopic (exact) mass is 1190 g/mol. The molecule has 0 aliphatic heterocycles. The number of amides is 1. The molecule has 8 aromatic heterocycles. The molecule has 0 spiro atoms. The Morgan fingerprint density at radius 1 is 0.758 bits per heavy atom. The number of nitrogens with two attached hydrogens (primary N) is 2. The molecule has 62 heavy (non-hydrogen) atoms. The van der Waals surface area contributed by atoms with E-state index in [1.54, 1.807) is 12.7 Å². The van der Waals surface area contributed by atoms with Crippen molar-refractivity contribution in [3.63, 3.8) is 0 Å². The number of fused-ring (bicyclic) bond motifs is 3. The molecule has 0 saturated carbocycles. The number of aromatic amines is 1. The van der Waals surface area contributed by atoms with Gasteiger partial charge in [0.2, 0.25) is 0 Å². The number of aromatic nitrogens is 6. The van der Waals surface area contributed by atoms with Crippen LogP contribution in [-0.2, 0) is 31.1 Å². The molecular formula is C44H51ClN10O2Se5. The number of primary amides is 1. The van der Waals surface area contributed by atoms with Crippen molar-refractivity contribution < 1.29 is 4.79 Å². The van der Waals surface area contributed by atoms with Gasteiger partial charge in [0, 0.05) is 0 Å². The molecule has 12 nitrogen and oxygen atoms in total. The molecule has 8 aromatic rings. The van der Waals surface area contributed by atoms with Gasteiger partial charge >= 0.3 is 400 Å². The minimum atomic E-state index is -0.352. The molecule has 326 valence electrons. The Morgan fingerprint density at radius 3 is 1.77 bits per heavy atom. The van der Waals surface area contributed by atoms with Crippen LogP contribution in [0.3, 0.4) is 0 Å². The van der Waals surface area contributed by atoms with E-state index in [0.29, 0.717) is 24.1 Å². The predicted molar refractivity (Wildman–Crippen MR) is 260 cm³/mol. The predicted octanol–water partition coefficient (Wildman–Crippen LogP) is 6.88. The maximum absolute atomic E-state index is 11.9. The quantitative estimate of drug-likeness (QED) is 0.0963. The second-order valence-corrected chi connectivity index (χ2v) is 27.8. The summed E-state index contributed by atoms with van der Waals surface area (Å²) >= 11 is 7.13. The Hall–Kier alpha value is -3.33. The van der Waals surface area contributed by atoms with Gasteiger partial charge in [0.25, 0.3) is 0 Å². The Labute approximate surface area is 397 Å². The van der Waals surface area contributed by atoms with Crippen LogP contribution in [-0.4, -0.2) is 108 Å². The number of anilines is 3. The van der Waals surface area contributed by atoms with E-state index in [4.69, 9.17) is 28.3 Å². The number of nitrogens with one attached hydrogen (secondary N) is 2. The molecule has 6 N–H and O–H groups in total. The van der Waals surface area contributed by atoms with Crippen molar-refractivity contribution in [2.45, 2.75) is 107 Å². The summed E-state index contributed by atoms with van der Waals surface area (Å²) in [5.41, 5.74) is 17.9. The molecule has 0 radical (unpaired) electrons. The molecule has 0 aliphatic rings. The molecule has 0 fully saturated rings. The number of hydrogen-bond acceptors (Lipinski definition) is 10. The van der Waals surface area contributed by atoms with Crippen LogP contribution in [0.1, 0.15) is 108 Å². The summed E-state index contributed by atoms with van der Waals surface area (Å²) in [5, 5.41) is 15.8. The number of hydrogen-bond donors (Lipinski definition) is 4. The Bertz CT molecular complexity index is 2980. The summed E-state index contributed by atoms with van der Waals surface area (Å²) in [6, 6.07) is 4.24. The molecule has 8 heterocycles. The topological polar surface area (TPSA) is 202 Å². The van der Waals surface area contributed by atoms with Gasteiger partial charge < -0.3 is 0 Å². The van der Waals surface area contributed by atoms with Gasteiger partial charge in [0.15, 0.2) is 0 Å². The number of nitrogen functional groups attached to an aromatic ring is 1. The number of rotatable bonds is 7. The number of H-pyrrole nitrogens is 1. The molecule has 0 saturated heterocycles. The van der Waals surface area contributed by atoms with E-state index >= 15 is 0 Å². The zero-order valence-electron chi connectivity index (χ0n) is 36.7. The Balaban J connectivity index is 0.000000167. The van der Waals surface area contributed by atoms with Crippen LogP contribution in [0.4, 0.5) is 16.1 Å². The molecule has 18 heteroatoms. The van der Waals surface area contributed by atoms with Gasteiger partial charge in [-0.25, -0.2) is 0 Å². The van der Waals surface area contributed by atoms with E-state index in [0.717, 1.165) is 76.6 Å². The summed E-state index contributed by atoms with van der Waals surface area (Å²) in [4.78, 5) is 47.5. The molecule has 0 aliphatic carbocycles. The number of halogens is 1. The summed E-state index contributed by atoms with van der Waals surface area (Å²) in [6.45, 7) is 23.4. The number of nitriles is 1. The SMILES string of the molecule is CCc1c(C)[se]c(N)c1C#N.CCc1c(C)[se]c2nc[nH]c(=O)c12.CCc1c(C)[se]c2ncnc(Cl)c12.CCc1c(C)[se]c2ncnc(Nc3cc(C(C)(C)C)[se]c3C(N)=O)c12. The fraction of sp³-hybridized carbons (Fsp3) is 0.364. The van der Waals surface area contributed by atoms with Crippen LogP contribution >= 0.6 is 11.6 Å². The summed E-state index contributed by atoms with van der Waals surface area (Å²) in [5.74, 6) is 0.437. The van der Waals surface area contributed by atoms with Crippen LogP contribution in [0.5, 0.6) is 0 Å². The first-order valence-electron chi connectivity index (χ1n) is 20.0. The normalized spacial score (nSPS) is 11.1. The van der Waals surface area contributed by atoms with Gasteiger partial charge in [0.05, 0.1) is 0 Å². The van der Waals surface area contributed by atoms with Gasteiger partial charge in [-0.15, -0.1) is 0 Å². The van der Waals surface area contributed by atoms with E-state index in [9.17, 15) is 9.59 Å². The average Bonchev–Trinajstić information content (AvgIpc) is 4.02. The zero-order chi connectivity index (χ0) is 45.6. The zero-order valence-corrected chi connectivity index (χ0v) is 46.0. The third kappa shape index (κ3) is 10.9. The first kappa shape index (κ1) is 49.7. The second kappa shape index (κ2) is 21.6. The maximum atomic E-state index is 11.9. The van der Waals surface area contributed by atoms with Gasteiger partial charge in [-0.3, -0.25) is 0 Å². The van der Waals surface area contributed by atoms with E-state index in [1.165, 1.54) is 50.8 Å². The molecule has 8 rings (SSSR count). The minimum absolute atomic E-state index is 0.0144. The van der Waals surface area contributed by atoms with Crippen molar-refractivity contribution in [2.24, 2.45) is 5.73 Å². The van der Waals surface area contributed by atoms with Gasteiger partial charge in [-0.2, -0.15) is 0 Å². The fourth-order valence-corrected chi connectivity index (χ4v) is 18.3. The van der Waals surface area contributed by atoms with Crippen molar-refractivity contribution in [3.8, 4) is 6.07 Å². The van der Waals surface area contributed by atoms with Gasteiger partial charge in [-0.1, -0.05) is 0 Å². The van der Waals surface area contributed by atoms with Crippen LogP contribution in [0.2, 0.25) is 5.15 Å². The number of aryl methyl sites for hydroxylation is 7. The number of carbonyl (C=O) groups excluding carboxylic acids is 1. The fourth-order valence-electron chi connectivity index (χ4n) is 6.96. The molecule has 0 unspecified atom stereocenters. The van der Waals surface area contributed by atoms with Gasteiger partial charge in [0.1, 0.15) is 0 Å². The first-order chi connectivity index (χ1) is 29.4. The van der Waals surface area contributed by atoms with E-state index in [1.807, 2.05) is 0 Å². The van der Waals surface area contributed by atoms with E-state index in [2.05, 4.69) is 124 Å². The van der Waals surface area contributed by atoms with Crippen LogP contribution in [0, 0.1) is 39.0 Å². The van der Waals surface area contributed by atoms with Crippen molar-refractivity contribution in [1.82, 2.24) is 29.9 Å².